The quantitative estimate of drug-likeness (QED) is 0.833. The van der Waals surface area contributed by atoms with Crippen LogP contribution in [0.1, 0.15) is 24.5 Å². The van der Waals surface area contributed by atoms with Crippen LogP contribution in [0.5, 0.6) is 0 Å². The summed E-state index contributed by atoms with van der Waals surface area (Å²) in [5, 5.41) is 3.13. The third-order valence-electron chi connectivity index (χ3n) is 5.26. The van der Waals surface area contributed by atoms with E-state index in [1.165, 1.54) is 11.1 Å². The molecule has 0 radical (unpaired) electrons. The second-order valence-corrected chi connectivity index (χ2v) is 7.05. The zero-order valence-electron chi connectivity index (χ0n) is 15.8. The van der Waals surface area contributed by atoms with E-state index in [1.807, 2.05) is 42.3 Å². The Balaban J connectivity index is 1.50. The average Bonchev–Trinajstić information content (AvgIpc) is 2.69. The lowest BCUT2D eigenvalue weighted by Gasteiger charge is -2.35. The molecule has 138 valence electrons. The summed E-state index contributed by atoms with van der Waals surface area (Å²) < 4.78 is 0. The molecule has 0 aromatic heterocycles. The molecule has 4 heteroatoms. The van der Waals surface area contributed by atoms with Crippen LogP contribution in [-0.4, -0.2) is 43.5 Å². The SMILES string of the molecule is CCC(CNC(=O)CN(C)c1ccccc1)N1CCc2ccccc2C1. The number of carbonyl (C=O) groups excluding carboxylic acids is 1. The Bertz CT molecular complexity index is 716. The first-order valence-corrected chi connectivity index (χ1v) is 9.51. The minimum atomic E-state index is 0.0761. The number of benzene rings is 2. The minimum absolute atomic E-state index is 0.0761. The number of para-hydroxylation sites is 1. The molecule has 26 heavy (non-hydrogen) atoms. The summed E-state index contributed by atoms with van der Waals surface area (Å²) in [7, 11) is 1.95. The van der Waals surface area contributed by atoms with E-state index in [0.717, 1.165) is 31.6 Å². The van der Waals surface area contributed by atoms with Gasteiger partial charge in [0.1, 0.15) is 0 Å². The number of fused-ring (bicyclic) bond motifs is 1. The molecule has 3 rings (SSSR count). The molecule has 1 N–H and O–H groups in total. The van der Waals surface area contributed by atoms with Crippen LogP contribution in [0.2, 0.25) is 0 Å². The van der Waals surface area contributed by atoms with E-state index in [-0.39, 0.29) is 5.91 Å². The van der Waals surface area contributed by atoms with Gasteiger partial charge in [-0.15, -0.1) is 0 Å². The van der Waals surface area contributed by atoms with Gasteiger partial charge in [0.2, 0.25) is 5.91 Å². The fraction of sp³-hybridized carbons (Fsp3) is 0.409. The van der Waals surface area contributed by atoms with E-state index >= 15 is 0 Å². The molecule has 1 unspecified atom stereocenters. The normalized spacial score (nSPS) is 15.2. The van der Waals surface area contributed by atoms with Gasteiger partial charge >= 0.3 is 0 Å². The number of hydrogen-bond donors (Lipinski definition) is 1. The molecule has 0 fully saturated rings. The maximum Gasteiger partial charge on any atom is 0.239 e. The van der Waals surface area contributed by atoms with Crippen LogP contribution < -0.4 is 10.2 Å². The smallest absolute Gasteiger partial charge is 0.239 e. The molecule has 0 bridgehead atoms. The lowest BCUT2D eigenvalue weighted by atomic mass is 9.98. The highest BCUT2D eigenvalue weighted by Crippen LogP contribution is 2.21. The molecule has 0 aliphatic carbocycles. The summed E-state index contributed by atoms with van der Waals surface area (Å²) in [5.41, 5.74) is 3.95. The van der Waals surface area contributed by atoms with Crippen molar-refractivity contribution in [3.63, 3.8) is 0 Å². The number of nitrogens with zero attached hydrogens (tertiary/aromatic N) is 2. The predicted octanol–water partition coefficient (Wildman–Crippen LogP) is 3.08. The van der Waals surface area contributed by atoms with Crippen LogP contribution >= 0.6 is 0 Å². The molecule has 1 aliphatic rings. The Kier molecular flexibility index (Phi) is 6.29. The highest BCUT2D eigenvalue weighted by atomic mass is 16.2. The number of carbonyl (C=O) groups is 1. The number of anilines is 1. The molecule has 1 aliphatic heterocycles. The maximum absolute atomic E-state index is 12.4. The van der Waals surface area contributed by atoms with E-state index in [9.17, 15) is 4.79 Å². The molecular formula is C22H29N3O. The van der Waals surface area contributed by atoms with Crippen molar-refractivity contribution in [2.75, 3.05) is 31.6 Å². The van der Waals surface area contributed by atoms with Crippen molar-refractivity contribution in [3.05, 3.63) is 65.7 Å². The highest BCUT2D eigenvalue weighted by molar-refractivity contribution is 5.81. The van der Waals surface area contributed by atoms with Gasteiger partial charge in [-0.05, 0) is 36.1 Å². The molecule has 1 atom stereocenters. The van der Waals surface area contributed by atoms with Crippen LogP contribution in [-0.2, 0) is 17.8 Å². The van der Waals surface area contributed by atoms with E-state index in [2.05, 4.69) is 41.4 Å². The fourth-order valence-corrected chi connectivity index (χ4v) is 3.64. The van der Waals surface area contributed by atoms with Crippen LogP contribution in [0.4, 0.5) is 5.69 Å². The van der Waals surface area contributed by atoms with E-state index in [4.69, 9.17) is 0 Å². The predicted molar refractivity (Wildman–Crippen MR) is 107 cm³/mol. The monoisotopic (exact) mass is 351 g/mol. The first-order valence-electron chi connectivity index (χ1n) is 9.51. The zero-order valence-corrected chi connectivity index (χ0v) is 15.8. The fourth-order valence-electron chi connectivity index (χ4n) is 3.64. The van der Waals surface area contributed by atoms with Crippen molar-refractivity contribution in [1.82, 2.24) is 10.2 Å². The number of amides is 1. The summed E-state index contributed by atoms with van der Waals surface area (Å²) in [4.78, 5) is 16.8. The summed E-state index contributed by atoms with van der Waals surface area (Å²) in [6.45, 7) is 5.33. The lowest BCUT2D eigenvalue weighted by Crippen LogP contribution is -2.47. The first-order chi connectivity index (χ1) is 12.7. The number of nitrogens with one attached hydrogen (secondary N) is 1. The summed E-state index contributed by atoms with van der Waals surface area (Å²) in [6, 6.07) is 19.1. The maximum atomic E-state index is 12.4. The summed E-state index contributed by atoms with van der Waals surface area (Å²) >= 11 is 0. The second kappa shape index (κ2) is 8.86. The van der Waals surface area contributed by atoms with Gasteiger partial charge in [0, 0.05) is 38.4 Å². The molecule has 0 saturated carbocycles. The Morgan fingerprint density at radius 1 is 1.12 bits per heavy atom. The van der Waals surface area contributed by atoms with Gasteiger partial charge < -0.3 is 10.2 Å². The summed E-state index contributed by atoms with van der Waals surface area (Å²) in [6.07, 6.45) is 2.13. The third-order valence-corrected chi connectivity index (χ3v) is 5.26. The third kappa shape index (κ3) is 4.64. The number of rotatable bonds is 7. The number of hydrogen-bond acceptors (Lipinski definition) is 3. The Labute approximate surface area is 156 Å². The largest absolute Gasteiger partial charge is 0.365 e. The van der Waals surface area contributed by atoms with Crippen LogP contribution in [0.25, 0.3) is 0 Å². The lowest BCUT2D eigenvalue weighted by molar-refractivity contribution is -0.120. The van der Waals surface area contributed by atoms with Gasteiger partial charge in [-0.1, -0.05) is 49.4 Å². The molecule has 0 spiro atoms. The van der Waals surface area contributed by atoms with Crippen molar-refractivity contribution in [2.45, 2.75) is 32.4 Å². The van der Waals surface area contributed by atoms with Crippen molar-refractivity contribution in [2.24, 2.45) is 0 Å². The van der Waals surface area contributed by atoms with Gasteiger partial charge in [-0.25, -0.2) is 0 Å². The topological polar surface area (TPSA) is 35.6 Å². The van der Waals surface area contributed by atoms with Crippen molar-refractivity contribution < 1.29 is 4.79 Å². The van der Waals surface area contributed by atoms with Gasteiger partial charge in [-0.3, -0.25) is 9.69 Å². The van der Waals surface area contributed by atoms with E-state index < -0.39 is 0 Å². The van der Waals surface area contributed by atoms with Gasteiger partial charge in [0.25, 0.3) is 0 Å². The molecule has 2 aromatic carbocycles. The van der Waals surface area contributed by atoms with Crippen LogP contribution in [0.3, 0.4) is 0 Å². The Morgan fingerprint density at radius 2 is 1.81 bits per heavy atom. The molecule has 0 saturated heterocycles. The van der Waals surface area contributed by atoms with Crippen LogP contribution in [0.15, 0.2) is 54.6 Å². The molecule has 2 aromatic rings. The van der Waals surface area contributed by atoms with E-state index in [0.29, 0.717) is 19.1 Å². The van der Waals surface area contributed by atoms with Crippen LogP contribution in [0, 0.1) is 0 Å². The van der Waals surface area contributed by atoms with Crippen molar-refractivity contribution >= 4 is 11.6 Å². The average molecular weight is 351 g/mol. The van der Waals surface area contributed by atoms with E-state index in [1.54, 1.807) is 0 Å². The van der Waals surface area contributed by atoms with Gasteiger partial charge in [0.05, 0.1) is 6.54 Å². The van der Waals surface area contributed by atoms with Gasteiger partial charge in [-0.2, -0.15) is 0 Å². The highest BCUT2D eigenvalue weighted by Gasteiger charge is 2.22. The minimum Gasteiger partial charge on any atom is -0.365 e. The van der Waals surface area contributed by atoms with Crippen molar-refractivity contribution in [1.29, 1.82) is 0 Å². The Morgan fingerprint density at radius 3 is 2.54 bits per heavy atom. The number of likely N-dealkylation sites (N-methyl/N-ethyl adjacent to an activating group) is 1. The summed E-state index contributed by atoms with van der Waals surface area (Å²) in [5.74, 6) is 0.0761. The molecule has 1 heterocycles. The zero-order chi connectivity index (χ0) is 18.4. The molecule has 1 amide bonds. The van der Waals surface area contributed by atoms with Crippen molar-refractivity contribution in [3.8, 4) is 0 Å². The Hall–Kier alpha value is -2.33. The molecule has 4 nitrogen and oxygen atoms in total. The second-order valence-electron chi connectivity index (χ2n) is 7.05. The molecular weight excluding hydrogens is 322 g/mol. The standard InChI is InChI=1S/C22H29N3O/c1-3-20(25-14-13-18-9-7-8-10-19(18)16-25)15-23-22(26)17-24(2)21-11-5-4-6-12-21/h4-12,20H,3,13-17H2,1-2H3,(H,23,26). The van der Waals surface area contributed by atoms with Gasteiger partial charge in [0.15, 0.2) is 0 Å². The first kappa shape index (κ1) is 18.5.